The van der Waals surface area contributed by atoms with E-state index in [2.05, 4.69) is 6.07 Å². The Balaban J connectivity index is 2.61. The van der Waals surface area contributed by atoms with Crippen molar-refractivity contribution in [2.75, 3.05) is 0 Å². The Morgan fingerprint density at radius 1 is 1.67 bits per heavy atom. The zero-order valence-electron chi connectivity index (χ0n) is 7.88. The zero-order valence-corrected chi connectivity index (χ0v) is 7.88. The van der Waals surface area contributed by atoms with Gasteiger partial charge in [0, 0.05) is 0 Å². The molecule has 0 aromatic heterocycles. The summed E-state index contributed by atoms with van der Waals surface area (Å²) in [4.78, 5) is 0. The number of nitrogens with zero attached hydrogens (tertiary/aromatic N) is 1. The zero-order chi connectivity index (χ0) is 9.19. The highest BCUT2D eigenvalue weighted by atomic mass is 16.3. The second-order valence-corrected chi connectivity index (χ2v) is 3.94. The van der Waals surface area contributed by atoms with Gasteiger partial charge in [-0.25, -0.2) is 0 Å². The van der Waals surface area contributed by atoms with Gasteiger partial charge >= 0.3 is 0 Å². The van der Waals surface area contributed by atoms with Gasteiger partial charge in [0.1, 0.15) is 0 Å². The molecular weight excluding hydrogens is 150 g/mol. The molecule has 2 nitrogen and oxygen atoms in total. The minimum Gasteiger partial charge on any atom is -0.389 e. The van der Waals surface area contributed by atoms with Crippen molar-refractivity contribution in [2.45, 2.75) is 45.1 Å². The largest absolute Gasteiger partial charge is 0.389 e. The van der Waals surface area contributed by atoms with Crippen LogP contribution in [0.3, 0.4) is 0 Å². The summed E-state index contributed by atoms with van der Waals surface area (Å²) in [7, 11) is 0. The Kier molecular flexibility index (Phi) is 2.74. The standard InChI is InChI=1S/C10H17NO/c1-3-8(7-11)10(2,12)9-5-4-6-9/h8-9,12H,3-6H2,1-2H3. The van der Waals surface area contributed by atoms with E-state index in [9.17, 15) is 5.11 Å². The summed E-state index contributed by atoms with van der Waals surface area (Å²) in [5.41, 5.74) is -0.748. The first kappa shape index (κ1) is 9.54. The van der Waals surface area contributed by atoms with Crippen molar-refractivity contribution in [3.05, 3.63) is 0 Å². The highest BCUT2D eigenvalue weighted by Crippen LogP contribution is 2.40. The molecular formula is C10H17NO. The Labute approximate surface area is 74.2 Å². The van der Waals surface area contributed by atoms with Crippen molar-refractivity contribution in [2.24, 2.45) is 11.8 Å². The smallest absolute Gasteiger partial charge is 0.0805 e. The third-order valence-electron chi connectivity index (χ3n) is 3.20. The average Bonchev–Trinajstić information content (AvgIpc) is 1.83. The molecule has 0 radical (unpaired) electrons. The molecule has 1 rings (SSSR count). The summed E-state index contributed by atoms with van der Waals surface area (Å²) >= 11 is 0. The van der Waals surface area contributed by atoms with Crippen LogP contribution >= 0.6 is 0 Å². The maximum atomic E-state index is 10.1. The predicted molar refractivity (Wildman–Crippen MR) is 47.4 cm³/mol. The van der Waals surface area contributed by atoms with Crippen molar-refractivity contribution in [3.63, 3.8) is 0 Å². The van der Waals surface area contributed by atoms with Crippen LogP contribution in [-0.2, 0) is 0 Å². The lowest BCUT2D eigenvalue weighted by molar-refractivity contribution is -0.0655. The maximum Gasteiger partial charge on any atom is 0.0805 e. The molecule has 12 heavy (non-hydrogen) atoms. The van der Waals surface area contributed by atoms with Crippen LogP contribution in [0.15, 0.2) is 0 Å². The summed E-state index contributed by atoms with van der Waals surface area (Å²) in [6.07, 6.45) is 4.14. The lowest BCUT2D eigenvalue weighted by Crippen LogP contribution is -2.44. The van der Waals surface area contributed by atoms with Gasteiger partial charge in [-0.1, -0.05) is 13.3 Å². The minimum atomic E-state index is -0.748. The molecule has 0 aromatic carbocycles. The molecule has 0 heterocycles. The summed E-state index contributed by atoms with van der Waals surface area (Å²) in [5, 5.41) is 18.9. The van der Waals surface area contributed by atoms with Crippen LogP contribution in [0.4, 0.5) is 0 Å². The molecule has 1 saturated carbocycles. The van der Waals surface area contributed by atoms with E-state index >= 15 is 0 Å². The Hall–Kier alpha value is -0.550. The van der Waals surface area contributed by atoms with Gasteiger partial charge in [0.2, 0.25) is 0 Å². The van der Waals surface area contributed by atoms with Crippen LogP contribution in [0.2, 0.25) is 0 Å². The van der Waals surface area contributed by atoms with E-state index in [1.165, 1.54) is 6.42 Å². The first-order valence-electron chi connectivity index (χ1n) is 4.75. The molecule has 0 aliphatic heterocycles. The number of hydrogen-bond donors (Lipinski definition) is 1. The normalized spacial score (nSPS) is 25.2. The molecule has 68 valence electrons. The molecule has 0 bridgehead atoms. The monoisotopic (exact) mass is 167 g/mol. The van der Waals surface area contributed by atoms with Gasteiger partial charge in [-0.05, 0) is 32.1 Å². The van der Waals surface area contributed by atoms with Gasteiger partial charge in [0.25, 0.3) is 0 Å². The number of hydrogen-bond acceptors (Lipinski definition) is 2. The van der Waals surface area contributed by atoms with Crippen molar-refractivity contribution >= 4 is 0 Å². The average molecular weight is 167 g/mol. The SMILES string of the molecule is CCC(C#N)C(C)(O)C1CCC1. The van der Waals surface area contributed by atoms with Crippen molar-refractivity contribution < 1.29 is 5.11 Å². The van der Waals surface area contributed by atoms with Gasteiger partial charge in [0.05, 0.1) is 17.6 Å². The molecule has 1 fully saturated rings. The predicted octanol–water partition coefficient (Wildman–Crippen LogP) is 2.09. The highest BCUT2D eigenvalue weighted by Gasteiger charge is 2.41. The van der Waals surface area contributed by atoms with Crippen molar-refractivity contribution in [3.8, 4) is 6.07 Å². The fraction of sp³-hybridized carbons (Fsp3) is 0.900. The van der Waals surface area contributed by atoms with E-state index in [0.29, 0.717) is 5.92 Å². The minimum absolute atomic E-state index is 0.192. The third-order valence-corrected chi connectivity index (χ3v) is 3.20. The van der Waals surface area contributed by atoms with Crippen LogP contribution in [0.1, 0.15) is 39.5 Å². The third kappa shape index (κ3) is 1.47. The van der Waals surface area contributed by atoms with E-state index in [1.54, 1.807) is 0 Å². The fourth-order valence-corrected chi connectivity index (χ4v) is 1.91. The highest BCUT2D eigenvalue weighted by molar-refractivity contribution is 5.01. The van der Waals surface area contributed by atoms with Crippen molar-refractivity contribution in [1.82, 2.24) is 0 Å². The van der Waals surface area contributed by atoms with E-state index < -0.39 is 5.60 Å². The molecule has 0 saturated heterocycles. The van der Waals surface area contributed by atoms with Gasteiger partial charge < -0.3 is 5.11 Å². The molecule has 2 unspecified atom stereocenters. The fourth-order valence-electron chi connectivity index (χ4n) is 1.91. The maximum absolute atomic E-state index is 10.1. The van der Waals surface area contributed by atoms with Gasteiger partial charge in [-0.2, -0.15) is 5.26 Å². The van der Waals surface area contributed by atoms with Gasteiger partial charge in [-0.3, -0.25) is 0 Å². The molecule has 2 heteroatoms. The summed E-state index contributed by atoms with van der Waals surface area (Å²) in [5.74, 6) is 0.171. The first-order valence-corrected chi connectivity index (χ1v) is 4.75. The number of aliphatic hydroxyl groups is 1. The number of rotatable bonds is 3. The number of nitriles is 1. The molecule has 2 atom stereocenters. The second-order valence-electron chi connectivity index (χ2n) is 3.94. The van der Waals surface area contributed by atoms with Crippen LogP contribution < -0.4 is 0 Å². The van der Waals surface area contributed by atoms with E-state index in [4.69, 9.17) is 5.26 Å². The summed E-state index contributed by atoms with van der Waals surface area (Å²) in [6.45, 7) is 3.77. The quantitative estimate of drug-likeness (QED) is 0.699. The van der Waals surface area contributed by atoms with E-state index in [1.807, 2.05) is 13.8 Å². The molecule has 0 spiro atoms. The molecule has 0 aromatic rings. The molecule has 1 aliphatic rings. The topological polar surface area (TPSA) is 44.0 Å². The van der Waals surface area contributed by atoms with E-state index in [-0.39, 0.29) is 5.92 Å². The Bertz CT molecular complexity index is 189. The Morgan fingerprint density at radius 3 is 2.50 bits per heavy atom. The summed E-state index contributed by atoms with van der Waals surface area (Å²) in [6, 6.07) is 2.19. The van der Waals surface area contributed by atoms with Crippen molar-refractivity contribution in [1.29, 1.82) is 5.26 Å². The first-order chi connectivity index (χ1) is 5.62. The molecule has 1 N–H and O–H groups in total. The molecule has 0 amide bonds. The molecule has 1 aliphatic carbocycles. The lowest BCUT2D eigenvalue weighted by atomic mass is 9.68. The van der Waals surface area contributed by atoms with Gasteiger partial charge in [0.15, 0.2) is 0 Å². The summed E-state index contributed by atoms with van der Waals surface area (Å²) < 4.78 is 0. The van der Waals surface area contributed by atoms with Gasteiger partial charge in [-0.15, -0.1) is 0 Å². The van der Waals surface area contributed by atoms with E-state index in [0.717, 1.165) is 19.3 Å². The Morgan fingerprint density at radius 2 is 2.25 bits per heavy atom. The van der Waals surface area contributed by atoms with Crippen LogP contribution in [-0.4, -0.2) is 10.7 Å². The van der Waals surface area contributed by atoms with Crippen LogP contribution in [0.5, 0.6) is 0 Å². The lowest BCUT2D eigenvalue weighted by Gasteiger charge is -2.41. The van der Waals surface area contributed by atoms with Crippen LogP contribution in [0.25, 0.3) is 0 Å². The second kappa shape index (κ2) is 3.45. The van der Waals surface area contributed by atoms with Crippen LogP contribution in [0, 0.1) is 23.2 Å².